The summed E-state index contributed by atoms with van der Waals surface area (Å²) in [5.74, 6) is 0.108. The third-order valence-corrected chi connectivity index (χ3v) is 5.44. The highest BCUT2D eigenvalue weighted by Crippen LogP contribution is 2.25. The van der Waals surface area contributed by atoms with Crippen molar-refractivity contribution in [1.29, 1.82) is 0 Å². The molecule has 0 spiro atoms. The first-order valence-electron chi connectivity index (χ1n) is 10.6. The van der Waals surface area contributed by atoms with Gasteiger partial charge in [-0.25, -0.2) is 4.39 Å². The minimum Gasteiger partial charge on any atom is -0.496 e. The minimum absolute atomic E-state index is 0.257. The first-order valence-corrected chi connectivity index (χ1v) is 11.0. The van der Waals surface area contributed by atoms with Crippen molar-refractivity contribution in [2.75, 3.05) is 19.0 Å². The third-order valence-electron chi connectivity index (χ3n) is 5.11. The number of amides is 1. The zero-order valence-corrected chi connectivity index (χ0v) is 19.7. The average Bonchev–Trinajstić information content (AvgIpc) is 2.70. The van der Waals surface area contributed by atoms with Gasteiger partial charge in [-0.2, -0.15) is 0 Å². The molecule has 1 N–H and O–H groups in total. The van der Waals surface area contributed by atoms with Crippen LogP contribution in [0.15, 0.2) is 42.5 Å². The van der Waals surface area contributed by atoms with Crippen LogP contribution in [0.3, 0.4) is 0 Å². The predicted octanol–water partition coefficient (Wildman–Crippen LogP) is 6.19. The fourth-order valence-electron chi connectivity index (χ4n) is 3.60. The number of halogens is 2. The summed E-state index contributed by atoms with van der Waals surface area (Å²) in [5.41, 5.74) is 2.33. The van der Waals surface area contributed by atoms with E-state index in [-0.39, 0.29) is 10.9 Å². The van der Waals surface area contributed by atoms with Crippen molar-refractivity contribution in [1.82, 2.24) is 4.90 Å². The Morgan fingerprint density at radius 3 is 2.48 bits per heavy atom. The van der Waals surface area contributed by atoms with Gasteiger partial charge in [0.15, 0.2) is 0 Å². The molecule has 0 unspecified atom stereocenters. The largest absolute Gasteiger partial charge is 0.496 e. The standard InChI is InChI=1S/C25H32ClFN2O2/c1-17(2)29(18(3)4)14-6-7-20-15-22(11-12-24(20)31-5)28-25(30)13-9-19-8-10-21(27)16-23(19)26/h8-13,15-18H,6-7,14H2,1-5H3,(H,28,30)/b13-9+. The highest BCUT2D eigenvalue weighted by molar-refractivity contribution is 6.32. The van der Waals surface area contributed by atoms with Crippen LogP contribution in [0.4, 0.5) is 10.1 Å². The molecular formula is C25H32ClFN2O2. The van der Waals surface area contributed by atoms with Crippen LogP contribution in [0.1, 0.15) is 45.2 Å². The van der Waals surface area contributed by atoms with E-state index in [4.69, 9.17) is 16.3 Å². The van der Waals surface area contributed by atoms with Gasteiger partial charge in [0.1, 0.15) is 11.6 Å². The summed E-state index contributed by atoms with van der Waals surface area (Å²) in [6, 6.07) is 10.7. The molecule has 0 bridgehead atoms. The smallest absolute Gasteiger partial charge is 0.248 e. The molecule has 0 fully saturated rings. The lowest BCUT2D eigenvalue weighted by Crippen LogP contribution is -2.37. The van der Waals surface area contributed by atoms with E-state index in [0.717, 1.165) is 30.7 Å². The maximum absolute atomic E-state index is 13.1. The lowest BCUT2D eigenvalue weighted by atomic mass is 10.1. The number of nitrogens with one attached hydrogen (secondary N) is 1. The van der Waals surface area contributed by atoms with Gasteiger partial charge in [-0.3, -0.25) is 9.69 Å². The number of hydrogen-bond donors (Lipinski definition) is 1. The van der Waals surface area contributed by atoms with E-state index >= 15 is 0 Å². The molecule has 2 aromatic rings. The van der Waals surface area contributed by atoms with Gasteiger partial charge in [-0.05, 0) is 94.6 Å². The molecule has 0 radical (unpaired) electrons. The first kappa shape index (κ1) is 24.9. The summed E-state index contributed by atoms with van der Waals surface area (Å²) >= 11 is 6.00. The summed E-state index contributed by atoms with van der Waals surface area (Å²) in [6.45, 7) is 9.84. The zero-order valence-electron chi connectivity index (χ0n) is 18.9. The number of aryl methyl sites for hydroxylation is 1. The molecule has 6 heteroatoms. The Morgan fingerprint density at radius 2 is 1.87 bits per heavy atom. The van der Waals surface area contributed by atoms with Crippen molar-refractivity contribution >= 4 is 29.3 Å². The SMILES string of the molecule is COc1ccc(NC(=O)/C=C/c2ccc(F)cc2Cl)cc1CCCN(C(C)C)C(C)C. The molecule has 2 rings (SSSR count). The van der Waals surface area contributed by atoms with Gasteiger partial charge in [-0.15, -0.1) is 0 Å². The Balaban J connectivity index is 2.03. The molecule has 0 aliphatic heterocycles. The van der Waals surface area contributed by atoms with E-state index in [2.05, 4.69) is 37.9 Å². The van der Waals surface area contributed by atoms with Crippen LogP contribution < -0.4 is 10.1 Å². The fraction of sp³-hybridized carbons (Fsp3) is 0.400. The quantitative estimate of drug-likeness (QED) is 0.442. The second-order valence-electron chi connectivity index (χ2n) is 8.04. The second-order valence-corrected chi connectivity index (χ2v) is 8.45. The molecule has 0 aliphatic carbocycles. The van der Waals surface area contributed by atoms with Crippen molar-refractivity contribution in [3.05, 3.63) is 64.4 Å². The van der Waals surface area contributed by atoms with Crippen LogP contribution in [0.2, 0.25) is 5.02 Å². The Labute approximate surface area is 190 Å². The molecule has 0 heterocycles. The number of methoxy groups -OCH3 is 1. The summed E-state index contributed by atoms with van der Waals surface area (Å²) < 4.78 is 18.6. The van der Waals surface area contributed by atoms with Crippen molar-refractivity contribution in [3.63, 3.8) is 0 Å². The van der Waals surface area contributed by atoms with Gasteiger partial charge >= 0.3 is 0 Å². The van der Waals surface area contributed by atoms with Gasteiger partial charge in [-0.1, -0.05) is 17.7 Å². The van der Waals surface area contributed by atoms with Crippen molar-refractivity contribution in [3.8, 4) is 5.75 Å². The third kappa shape index (κ3) is 7.67. The Morgan fingerprint density at radius 1 is 1.16 bits per heavy atom. The molecule has 31 heavy (non-hydrogen) atoms. The molecular weight excluding hydrogens is 415 g/mol. The second kappa shape index (κ2) is 11.9. The molecule has 0 aliphatic rings. The van der Waals surface area contributed by atoms with E-state index < -0.39 is 5.82 Å². The van der Waals surface area contributed by atoms with Crippen molar-refractivity contribution in [2.24, 2.45) is 0 Å². The number of nitrogens with zero attached hydrogens (tertiary/aromatic N) is 1. The molecule has 0 aromatic heterocycles. The van der Waals surface area contributed by atoms with Gasteiger partial charge in [0.25, 0.3) is 0 Å². The molecule has 0 atom stereocenters. The summed E-state index contributed by atoms with van der Waals surface area (Å²) in [4.78, 5) is 14.8. The molecule has 4 nitrogen and oxygen atoms in total. The zero-order chi connectivity index (χ0) is 23.0. The number of benzene rings is 2. The van der Waals surface area contributed by atoms with Crippen LogP contribution in [-0.4, -0.2) is 36.5 Å². The maximum atomic E-state index is 13.1. The van der Waals surface area contributed by atoms with E-state index in [1.807, 2.05) is 18.2 Å². The topological polar surface area (TPSA) is 41.6 Å². The molecule has 0 saturated carbocycles. The lowest BCUT2D eigenvalue weighted by Gasteiger charge is -2.30. The lowest BCUT2D eigenvalue weighted by molar-refractivity contribution is -0.111. The van der Waals surface area contributed by atoms with Crippen molar-refractivity contribution in [2.45, 2.75) is 52.6 Å². The normalized spacial score (nSPS) is 11.7. The summed E-state index contributed by atoms with van der Waals surface area (Å²) in [5, 5.41) is 3.12. The number of ether oxygens (including phenoxy) is 1. The van der Waals surface area contributed by atoms with Crippen LogP contribution in [0, 0.1) is 5.82 Å². The molecule has 0 saturated heterocycles. The molecule has 2 aromatic carbocycles. The van der Waals surface area contributed by atoms with Crippen LogP contribution in [0.25, 0.3) is 6.08 Å². The monoisotopic (exact) mass is 446 g/mol. The fourth-order valence-corrected chi connectivity index (χ4v) is 3.83. The molecule has 168 valence electrons. The summed E-state index contributed by atoms with van der Waals surface area (Å²) in [6.07, 6.45) is 4.79. The highest BCUT2D eigenvalue weighted by Gasteiger charge is 2.13. The van der Waals surface area contributed by atoms with Crippen molar-refractivity contribution < 1.29 is 13.9 Å². The van der Waals surface area contributed by atoms with Gasteiger partial charge in [0, 0.05) is 23.8 Å². The minimum atomic E-state index is -0.415. The number of carbonyl (C=O) groups is 1. The number of hydrogen-bond acceptors (Lipinski definition) is 3. The van der Waals surface area contributed by atoms with Crippen LogP contribution >= 0.6 is 11.6 Å². The first-order chi connectivity index (χ1) is 14.7. The van der Waals surface area contributed by atoms with Crippen LogP contribution in [0.5, 0.6) is 5.75 Å². The van der Waals surface area contributed by atoms with E-state index in [1.54, 1.807) is 13.2 Å². The van der Waals surface area contributed by atoms with Gasteiger partial charge in [0.2, 0.25) is 5.91 Å². The number of carbonyl (C=O) groups excluding carboxylic acids is 1. The molecule has 1 amide bonds. The number of rotatable bonds is 10. The summed E-state index contributed by atoms with van der Waals surface area (Å²) in [7, 11) is 1.65. The number of anilines is 1. The van der Waals surface area contributed by atoms with E-state index in [0.29, 0.717) is 23.3 Å². The van der Waals surface area contributed by atoms with Crippen LogP contribution in [-0.2, 0) is 11.2 Å². The van der Waals surface area contributed by atoms with Gasteiger partial charge in [0.05, 0.1) is 12.1 Å². The average molecular weight is 447 g/mol. The Hall–Kier alpha value is -2.37. The Bertz CT molecular complexity index is 904. The van der Waals surface area contributed by atoms with E-state index in [9.17, 15) is 9.18 Å². The van der Waals surface area contributed by atoms with Gasteiger partial charge < -0.3 is 10.1 Å². The van der Waals surface area contributed by atoms with E-state index in [1.165, 1.54) is 24.3 Å². The Kier molecular flexibility index (Phi) is 9.53. The maximum Gasteiger partial charge on any atom is 0.248 e. The predicted molar refractivity (Wildman–Crippen MR) is 127 cm³/mol. The highest BCUT2D eigenvalue weighted by atomic mass is 35.5.